The van der Waals surface area contributed by atoms with Crippen molar-refractivity contribution in [3.63, 3.8) is 0 Å². The van der Waals surface area contributed by atoms with E-state index >= 15 is 0 Å². The van der Waals surface area contributed by atoms with Crippen LogP contribution in [-0.4, -0.2) is 9.79 Å². The Morgan fingerprint density at radius 1 is 1.29 bits per heavy atom. The fourth-order valence-electron chi connectivity index (χ4n) is 0. The summed E-state index contributed by atoms with van der Waals surface area (Å²) in [6, 6.07) is 0. The molecule has 0 aliphatic rings. The van der Waals surface area contributed by atoms with Crippen molar-refractivity contribution < 1.29 is 35.0 Å². The molecule has 1 aromatic rings. The Bertz CT molecular complexity index is 46.8. The molecule has 1 aromatic heterocycles. The zero-order valence-electron chi connectivity index (χ0n) is 3.03. The Labute approximate surface area is 53.3 Å². The number of hydrogen-bond donors (Lipinski definition) is 2. The fraction of sp³-hybridized carbons (Fsp3) is 0. The molecule has 0 radical (unpaired) electrons. The van der Waals surface area contributed by atoms with Gasteiger partial charge in [0.15, 0.2) is 0 Å². The summed E-state index contributed by atoms with van der Waals surface area (Å²) in [6.45, 7) is 0. The van der Waals surface area contributed by atoms with Crippen molar-refractivity contribution in [1.82, 2.24) is 0 Å². The van der Waals surface area contributed by atoms with Gasteiger partial charge in [0.05, 0.1) is 0 Å². The third-order valence-electron chi connectivity index (χ3n) is 0.0833. The van der Waals surface area contributed by atoms with E-state index in [2.05, 4.69) is 8.71 Å². The maximum absolute atomic E-state index is 7.15. The van der Waals surface area contributed by atoms with Gasteiger partial charge >= 0.3 is 8.67 Å². The molecule has 0 saturated carbocycles. The predicted octanol–water partition coefficient (Wildman–Crippen LogP) is 0.381. The van der Waals surface area contributed by atoms with Crippen molar-refractivity contribution in [3.05, 3.63) is 0 Å². The third kappa shape index (κ3) is 49.9. The monoisotopic (exact) mass is 188 g/mol. The molecule has 2 N–H and O–H groups in total. The first kappa shape index (κ1) is 10.7. The standard InChI is InChI=1S/Ni.HO2P.H3O2P/c;1-2-3-1;1-3-2/h;3H;1-3H. The SMILES string of the molecule is OPO.[Ni].o1o[pH]1. The minimum absolute atomic E-state index is 0. The summed E-state index contributed by atoms with van der Waals surface area (Å²) in [5, 5.41) is 0. The largest absolute Gasteiger partial charge is 0.352 e. The average Bonchev–Trinajstić information content (AvgIpc) is 2.11. The minimum Gasteiger partial charge on any atom is -0.352 e. The van der Waals surface area contributed by atoms with Gasteiger partial charge in [0, 0.05) is 16.5 Å². The molecule has 4 nitrogen and oxygen atoms in total. The fourth-order valence-corrected chi connectivity index (χ4v) is 0. The van der Waals surface area contributed by atoms with E-state index < -0.39 is 9.03 Å². The van der Waals surface area contributed by atoms with Crippen molar-refractivity contribution in [2.24, 2.45) is 0 Å². The Morgan fingerprint density at radius 3 is 1.43 bits per heavy atom. The summed E-state index contributed by atoms with van der Waals surface area (Å²) in [5.74, 6) is 0. The summed E-state index contributed by atoms with van der Waals surface area (Å²) < 4.78 is 8.06. The van der Waals surface area contributed by atoms with Gasteiger partial charge in [0.25, 0.3) is 0 Å². The van der Waals surface area contributed by atoms with Gasteiger partial charge in [-0.25, -0.2) is 8.71 Å². The van der Waals surface area contributed by atoms with E-state index in [0.29, 0.717) is 8.67 Å². The van der Waals surface area contributed by atoms with E-state index in [1.807, 2.05) is 0 Å². The molecule has 0 unspecified atom stereocenters. The van der Waals surface area contributed by atoms with E-state index in [-0.39, 0.29) is 16.5 Å². The van der Waals surface area contributed by atoms with E-state index in [1.165, 1.54) is 0 Å². The maximum Gasteiger partial charge on any atom is 0.303 e. The molecule has 7 heavy (non-hydrogen) atoms. The molecular formula is H4NiO4P2. The van der Waals surface area contributed by atoms with Crippen LogP contribution in [0.2, 0.25) is 0 Å². The zero-order chi connectivity index (χ0) is 4.83. The quantitative estimate of drug-likeness (QED) is 0.351. The first-order chi connectivity index (χ1) is 2.91. The van der Waals surface area contributed by atoms with Crippen LogP contribution in [-0.2, 0) is 16.5 Å². The molecule has 0 aliphatic carbocycles. The van der Waals surface area contributed by atoms with Crippen LogP contribution < -0.4 is 0 Å². The minimum atomic E-state index is -0.917. The topological polar surface area (TPSA) is 66.7 Å². The Balaban J connectivity index is 0. The molecule has 0 spiro atoms. The summed E-state index contributed by atoms with van der Waals surface area (Å²) in [4.78, 5) is 14.3. The number of rotatable bonds is 0. The van der Waals surface area contributed by atoms with Gasteiger partial charge in [-0.05, 0) is 0 Å². The zero-order valence-corrected chi connectivity index (χ0v) is 6.01. The van der Waals surface area contributed by atoms with Crippen LogP contribution in [0, 0.1) is 0 Å². The van der Waals surface area contributed by atoms with Crippen LogP contribution >= 0.6 is 17.7 Å². The normalized spacial score (nSPS) is 6.00. The van der Waals surface area contributed by atoms with E-state index in [9.17, 15) is 0 Å². The summed E-state index contributed by atoms with van der Waals surface area (Å²) >= 11 is 0. The van der Waals surface area contributed by atoms with Gasteiger partial charge in [-0.1, -0.05) is 0 Å². The van der Waals surface area contributed by atoms with Gasteiger partial charge < -0.3 is 9.79 Å². The van der Waals surface area contributed by atoms with Crippen LogP contribution in [0.5, 0.6) is 0 Å². The van der Waals surface area contributed by atoms with Crippen molar-refractivity contribution >= 4 is 17.7 Å². The van der Waals surface area contributed by atoms with Crippen molar-refractivity contribution in [3.8, 4) is 0 Å². The van der Waals surface area contributed by atoms with Gasteiger partial charge in [-0.15, -0.1) is 0 Å². The van der Waals surface area contributed by atoms with Crippen LogP contribution in [0.25, 0.3) is 0 Å². The third-order valence-corrected chi connectivity index (χ3v) is 0.250. The Hall–Kier alpha value is 0.744. The number of hydrogen-bond acceptors (Lipinski definition) is 4. The van der Waals surface area contributed by atoms with Crippen LogP contribution in [0.4, 0.5) is 0 Å². The molecule has 0 aliphatic heterocycles. The molecule has 0 atom stereocenters. The van der Waals surface area contributed by atoms with Crippen LogP contribution in [0.1, 0.15) is 0 Å². The first-order valence-corrected chi connectivity index (χ1v) is 2.73. The van der Waals surface area contributed by atoms with Gasteiger partial charge in [0.2, 0.25) is 0 Å². The summed E-state index contributed by atoms with van der Waals surface area (Å²) in [6.07, 6.45) is 0. The molecule has 0 saturated heterocycles. The molecule has 48 valence electrons. The Kier molecular flexibility index (Phi) is 15.1. The van der Waals surface area contributed by atoms with Crippen LogP contribution in [0.3, 0.4) is 0 Å². The van der Waals surface area contributed by atoms with Crippen molar-refractivity contribution in [2.75, 3.05) is 0 Å². The smallest absolute Gasteiger partial charge is 0.303 e. The van der Waals surface area contributed by atoms with Gasteiger partial charge in [-0.2, -0.15) is 0 Å². The average molecular weight is 189 g/mol. The molecule has 0 bridgehead atoms. The van der Waals surface area contributed by atoms with Gasteiger partial charge in [-0.3, -0.25) is 0 Å². The second kappa shape index (κ2) is 9.89. The second-order valence-electron chi connectivity index (χ2n) is 0.350. The molecule has 1 rings (SSSR count). The van der Waals surface area contributed by atoms with E-state index in [4.69, 9.17) is 9.79 Å². The second-order valence-corrected chi connectivity index (χ2v) is 1.05. The molecule has 0 amide bonds. The molecule has 0 aromatic carbocycles. The van der Waals surface area contributed by atoms with Crippen molar-refractivity contribution in [2.45, 2.75) is 0 Å². The molecule has 7 heteroatoms. The maximum atomic E-state index is 7.15. The summed E-state index contributed by atoms with van der Waals surface area (Å²) in [5.41, 5.74) is 0. The van der Waals surface area contributed by atoms with Crippen molar-refractivity contribution in [1.29, 1.82) is 0 Å². The van der Waals surface area contributed by atoms with E-state index in [1.54, 1.807) is 0 Å². The molecular weight excluding hydrogens is 185 g/mol. The first-order valence-electron chi connectivity index (χ1n) is 1.02. The van der Waals surface area contributed by atoms with E-state index in [0.717, 1.165) is 0 Å². The molecule has 1 heterocycles. The molecule has 0 fully saturated rings. The predicted molar refractivity (Wildman–Crippen MR) is 23.2 cm³/mol. The Morgan fingerprint density at radius 2 is 1.43 bits per heavy atom. The van der Waals surface area contributed by atoms with Crippen LogP contribution in [0.15, 0.2) is 8.71 Å². The summed E-state index contributed by atoms with van der Waals surface area (Å²) in [7, 11) is -0.583. The van der Waals surface area contributed by atoms with Gasteiger partial charge in [0.1, 0.15) is 9.03 Å².